The van der Waals surface area contributed by atoms with Gasteiger partial charge in [0.25, 0.3) is 5.91 Å². The van der Waals surface area contributed by atoms with E-state index in [1.165, 1.54) is 23.5 Å². The molecule has 1 aliphatic rings. The topological polar surface area (TPSA) is 76.2 Å². The van der Waals surface area contributed by atoms with E-state index in [0.717, 1.165) is 4.47 Å². The highest BCUT2D eigenvalue weighted by Gasteiger charge is 2.32. The molecular formula is C20H23BrN2O5S. The normalized spacial score (nSPS) is 16.3. The van der Waals surface area contributed by atoms with E-state index in [9.17, 15) is 13.2 Å². The number of ether oxygens (including phenoxy) is 2. The number of halogens is 1. The second-order valence-electron chi connectivity index (χ2n) is 6.62. The van der Waals surface area contributed by atoms with E-state index in [4.69, 9.17) is 9.47 Å². The summed E-state index contributed by atoms with van der Waals surface area (Å²) in [6.07, 6.45) is -0.652. The van der Waals surface area contributed by atoms with Gasteiger partial charge in [-0.15, -0.1) is 0 Å². The van der Waals surface area contributed by atoms with Crippen LogP contribution in [-0.2, 0) is 14.8 Å². The van der Waals surface area contributed by atoms with E-state index in [2.05, 4.69) is 15.9 Å². The lowest BCUT2D eigenvalue weighted by Crippen LogP contribution is -2.53. The van der Waals surface area contributed by atoms with Crippen LogP contribution < -0.4 is 9.47 Å². The molecule has 0 bridgehead atoms. The zero-order valence-electron chi connectivity index (χ0n) is 16.2. The van der Waals surface area contributed by atoms with Crippen LogP contribution in [-0.4, -0.2) is 62.9 Å². The molecule has 0 N–H and O–H groups in total. The number of hydrogen-bond acceptors (Lipinski definition) is 5. The first-order chi connectivity index (χ1) is 13.8. The first-order valence-electron chi connectivity index (χ1n) is 9.16. The molecule has 2 aromatic rings. The third-order valence-corrected chi connectivity index (χ3v) is 7.16. The predicted octanol–water partition coefficient (Wildman–Crippen LogP) is 2.76. The monoisotopic (exact) mass is 482 g/mol. The SMILES string of the molecule is COc1ccc(S(=O)(=O)N2CCN(C(=O)[C@@H](C)Oc3ccc(Br)cc3)CC2)cc1. The molecule has 0 saturated carbocycles. The van der Waals surface area contributed by atoms with Crippen LogP contribution in [0.1, 0.15) is 6.92 Å². The van der Waals surface area contributed by atoms with E-state index in [1.54, 1.807) is 36.1 Å². The van der Waals surface area contributed by atoms with Gasteiger partial charge in [-0.05, 0) is 55.5 Å². The summed E-state index contributed by atoms with van der Waals surface area (Å²) >= 11 is 3.36. The van der Waals surface area contributed by atoms with Crippen LogP contribution in [0.2, 0.25) is 0 Å². The van der Waals surface area contributed by atoms with Crippen molar-refractivity contribution in [3.63, 3.8) is 0 Å². The molecule has 29 heavy (non-hydrogen) atoms. The highest BCUT2D eigenvalue weighted by atomic mass is 79.9. The number of methoxy groups -OCH3 is 1. The number of piperazine rings is 1. The van der Waals surface area contributed by atoms with Gasteiger partial charge in [0.1, 0.15) is 11.5 Å². The van der Waals surface area contributed by atoms with Crippen molar-refractivity contribution in [3.05, 3.63) is 53.0 Å². The van der Waals surface area contributed by atoms with Crippen molar-refractivity contribution in [3.8, 4) is 11.5 Å². The van der Waals surface area contributed by atoms with Gasteiger partial charge in [-0.25, -0.2) is 8.42 Å². The van der Waals surface area contributed by atoms with Crippen LogP contribution in [0.15, 0.2) is 57.9 Å². The maximum atomic E-state index is 12.8. The molecule has 1 heterocycles. The summed E-state index contributed by atoms with van der Waals surface area (Å²) in [5, 5.41) is 0. The summed E-state index contributed by atoms with van der Waals surface area (Å²) in [6, 6.07) is 13.5. The third kappa shape index (κ3) is 5.09. The Labute approximate surface area is 179 Å². The smallest absolute Gasteiger partial charge is 0.263 e. The average molecular weight is 483 g/mol. The van der Waals surface area contributed by atoms with Crippen LogP contribution in [0.4, 0.5) is 0 Å². The number of rotatable bonds is 6. The van der Waals surface area contributed by atoms with Crippen LogP contribution in [0.3, 0.4) is 0 Å². The molecule has 1 atom stereocenters. The molecular weight excluding hydrogens is 460 g/mol. The first-order valence-corrected chi connectivity index (χ1v) is 11.4. The third-order valence-electron chi connectivity index (χ3n) is 4.72. The molecule has 3 rings (SSSR count). The Morgan fingerprint density at radius 2 is 1.52 bits per heavy atom. The number of amides is 1. The van der Waals surface area contributed by atoms with Crippen LogP contribution in [0.5, 0.6) is 11.5 Å². The van der Waals surface area contributed by atoms with Gasteiger partial charge in [-0.3, -0.25) is 4.79 Å². The van der Waals surface area contributed by atoms with E-state index >= 15 is 0 Å². The number of hydrogen-bond donors (Lipinski definition) is 0. The van der Waals surface area contributed by atoms with Crippen molar-refractivity contribution < 1.29 is 22.7 Å². The Hall–Kier alpha value is -2.10. The maximum Gasteiger partial charge on any atom is 0.263 e. The minimum absolute atomic E-state index is 0.158. The fraction of sp³-hybridized carbons (Fsp3) is 0.350. The summed E-state index contributed by atoms with van der Waals surface area (Å²) in [4.78, 5) is 14.5. The number of carbonyl (C=O) groups is 1. The number of carbonyl (C=O) groups excluding carboxylic acids is 1. The fourth-order valence-electron chi connectivity index (χ4n) is 3.07. The highest BCUT2D eigenvalue weighted by Crippen LogP contribution is 2.22. The van der Waals surface area contributed by atoms with Crippen LogP contribution in [0, 0.1) is 0 Å². The van der Waals surface area contributed by atoms with Crippen LogP contribution in [0.25, 0.3) is 0 Å². The molecule has 0 aliphatic carbocycles. The van der Waals surface area contributed by atoms with Gasteiger partial charge in [-0.2, -0.15) is 4.31 Å². The van der Waals surface area contributed by atoms with Crippen LogP contribution >= 0.6 is 15.9 Å². The Kier molecular flexibility index (Phi) is 6.81. The summed E-state index contributed by atoms with van der Waals surface area (Å²) in [5.41, 5.74) is 0. The zero-order chi connectivity index (χ0) is 21.0. The second kappa shape index (κ2) is 9.15. The van der Waals surface area contributed by atoms with Crippen molar-refractivity contribution in [2.45, 2.75) is 17.9 Å². The molecule has 0 unspecified atom stereocenters. The minimum Gasteiger partial charge on any atom is -0.497 e. The fourth-order valence-corrected chi connectivity index (χ4v) is 4.76. The quantitative estimate of drug-likeness (QED) is 0.632. The predicted molar refractivity (Wildman–Crippen MR) is 113 cm³/mol. The minimum atomic E-state index is -3.60. The Bertz CT molecular complexity index is 940. The lowest BCUT2D eigenvalue weighted by atomic mass is 10.3. The second-order valence-corrected chi connectivity index (χ2v) is 9.47. The maximum absolute atomic E-state index is 12.8. The average Bonchev–Trinajstić information content (AvgIpc) is 2.75. The Morgan fingerprint density at radius 1 is 0.966 bits per heavy atom. The molecule has 156 valence electrons. The van der Waals surface area contributed by atoms with E-state index in [1.807, 2.05) is 12.1 Å². The van der Waals surface area contributed by atoms with Crippen molar-refractivity contribution in [2.75, 3.05) is 33.3 Å². The molecule has 0 spiro atoms. The van der Waals surface area contributed by atoms with E-state index in [-0.39, 0.29) is 23.9 Å². The standard InChI is InChI=1S/C20H23BrN2O5S/c1-15(28-18-5-3-16(21)4-6-18)20(24)22-11-13-23(14-12-22)29(25,26)19-9-7-17(27-2)8-10-19/h3-10,15H,11-14H2,1-2H3/t15-/m1/s1. The van der Waals surface area contributed by atoms with Gasteiger partial charge in [0.05, 0.1) is 12.0 Å². The number of sulfonamides is 1. The van der Waals surface area contributed by atoms with Gasteiger partial charge in [0.15, 0.2) is 6.10 Å². The van der Waals surface area contributed by atoms with Crippen molar-refractivity contribution in [2.24, 2.45) is 0 Å². The number of nitrogens with zero attached hydrogens (tertiary/aromatic N) is 2. The molecule has 1 aliphatic heterocycles. The van der Waals surface area contributed by atoms with E-state index < -0.39 is 16.1 Å². The zero-order valence-corrected chi connectivity index (χ0v) is 18.6. The summed E-state index contributed by atoms with van der Waals surface area (Å²) in [6.45, 7) is 2.82. The Balaban J connectivity index is 1.58. The Morgan fingerprint density at radius 3 is 2.07 bits per heavy atom. The van der Waals surface area contributed by atoms with Gasteiger partial charge < -0.3 is 14.4 Å². The van der Waals surface area contributed by atoms with Crippen molar-refractivity contribution in [1.82, 2.24) is 9.21 Å². The molecule has 9 heteroatoms. The molecule has 1 amide bonds. The molecule has 1 saturated heterocycles. The molecule has 1 fully saturated rings. The number of benzene rings is 2. The lowest BCUT2D eigenvalue weighted by Gasteiger charge is -2.35. The largest absolute Gasteiger partial charge is 0.497 e. The van der Waals surface area contributed by atoms with Gasteiger partial charge in [-0.1, -0.05) is 15.9 Å². The first kappa shape index (κ1) is 21.6. The molecule has 0 radical (unpaired) electrons. The molecule has 0 aromatic heterocycles. The summed E-state index contributed by atoms with van der Waals surface area (Å²) < 4.78 is 38.8. The van der Waals surface area contributed by atoms with Gasteiger partial charge in [0.2, 0.25) is 10.0 Å². The molecule has 7 nitrogen and oxygen atoms in total. The van der Waals surface area contributed by atoms with E-state index in [0.29, 0.717) is 24.6 Å². The van der Waals surface area contributed by atoms with Crippen molar-refractivity contribution in [1.29, 1.82) is 0 Å². The summed E-state index contributed by atoms with van der Waals surface area (Å²) in [7, 11) is -2.08. The highest BCUT2D eigenvalue weighted by molar-refractivity contribution is 9.10. The summed E-state index contributed by atoms with van der Waals surface area (Å²) in [5.74, 6) is 1.04. The molecule has 2 aromatic carbocycles. The van der Waals surface area contributed by atoms with Gasteiger partial charge in [0, 0.05) is 30.7 Å². The van der Waals surface area contributed by atoms with Crippen molar-refractivity contribution >= 4 is 31.9 Å². The lowest BCUT2D eigenvalue weighted by molar-refractivity contribution is -0.139. The van der Waals surface area contributed by atoms with Gasteiger partial charge >= 0.3 is 0 Å².